The van der Waals surface area contributed by atoms with Gasteiger partial charge in [-0.25, -0.2) is 4.79 Å². The number of nitrogens with zero attached hydrogens (tertiary/aromatic N) is 1. The number of aliphatic carboxylic acids is 1. The van der Waals surface area contributed by atoms with Gasteiger partial charge in [0.1, 0.15) is 12.4 Å². The largest absolute Gasteiger partial charge is 0.491 e. The van der Waals surface area contributed by atoms with E-state index in [1.807, 2.05) is 0 Å². The van der Waals surface area contributed by atoms with Gasteiger partial charge in [0.2, 0.25) is 0 Å². The van der Waals surface area contributed by atoms with Gasteiger partial charge in [0.05, 0.1) is 6.61 Å². The monoisotopic (exact) mass is 323 g/mol. The zero-order valence-electron chi connectivity index (χ0n) is 13.0. The van der Waals surface area contributed by atoms with Crippen molar-refractivity contribution < 1.29 is 29.3 Å². The molecule has 1 fully saturated rings. The number of hydrogen-bond acceptors (Lipinski definition) is 5. The lowest BCUT2D eigenvalue weighted by Gasteiger charge is -2.35. The Balaban J connectivity index is 1.92. The summed E-state index contributed by atoms with van der Waals surface area (Å²) in [6, 6.07) is 6.76. The maximum absolute atomic E-state index is 12.4. The second kappa shape index (κ2) is 7.43. The fourth-order valence-corrected chi connectivity index (χ4v) is 2.41. The molecule has 2 N–H and O–H groups in total. The molecule has 0 bridgehead atoms. The zero-order chi connectivity index (χ0) is 16.9. The molecular formula is C16H21NO6. The van der Waals surface area contributed by atoms with Crippen LogP contribution in [0.4, 0.5) is 0 Å². The summed E-state index contributed by atoms with van der Waals surface area (Å²) in [6.07, 6.45) is 0.0680. The first-order valence-electron chi connectivity index (χ1n) is 7.43. The van der Waals surface area contributed by atoms with Crippen LogP contribution in [-0.2, 0) is 9.53 Å². The maximum Gasteiger partial charge on any atom is 0.335 e. The van der Waals surface area contributed by atoms with Gasteiger partial charge in [-0.2, -0.15) is 0 Å². The van der Waals surface area contributed by atoms with Crippen molar-refractivity contribution in [3.63, 3.8) is 0 Å². The van der Waals surface area contributed by atoms with Crippen molar-refractivity contribution in [3.05, 3.63) is 29.8 Å². The number of carboxylic acid groups (broad SMARTS) is 1. The topological polar surface area (TPSA) is 96.3 Å². The Morgan fingerprint density at radius 2 is 1.78 bits per heavy atom. The van der Waals surface area contributed by atoms with Gasteiger partial charge in [0.25, 0.3) is 5.91 Å². The van der Waals surface area contributed by atoms with Crippen LogP contribution in [0.15, 0.2) is 24.3 Å². The van der Waals surface area contributed by atoms with Crippen LogP contribution in [0.2, 0.25) is 0 Å². The van der Waals surface area contributed by atoms with E-state index in [1.54, 1.807) is 36.3 Å². The van der Waals surface area contributed by atoms with Gasteiger partial charge in [-0.15, -0.1) is 0 Å². The molecule has 126 valence electrons. The first-order chi connectivity index (χ1) is 11.0. The summed E-state index contributed by atoms with van der Waals surface area (Å²) in [5, 5.41) is 18.9. The number of ether oxygens (including phenoxy) is 2. The Bertz CT molecular complexity index is 548. The first-order valence-corrected chi connectivity index (χ1v) is 7.43. The van der Waals surface area contributed by atoms with Gasteiger partial charge in [-0.05, 0) is 24.3 Å². The molecule has 1 aromatic rings. The molecule has 0 unspecified atom stereocenters. The highest BCUT2D eigenvalue weighted by atomic mass is 16.5. The van der Waals surface area contributed by atoms with Crippen molar-refractivity contribution in [3.8, 4) is 5.75 Å². The first kappa shape index (κ1) is 17.2. The Hall–Kier alpha value is -2.12. The minimum Gasteiger partial charge on any atom is -0.491 e. The van der Waals surface area contributed by atoms with Gasteiger partial charge < -0.3 is 24.6 Å². The summed E-state index contributed by atoms with van der Waals surface area (Å²) in [4.78, 5) is 24.9. The lowest BCUT2D eigenvalue weighted by Crippen LogP contribution is -2.50. The fourth-order valence-electron chi connectivity index (χ4n) is 2.41. The highest BCUT2D eigenvalue weighted by Gasteiger charge is 2.40. The van der Waals surface area contributed by atoms with E-state index in [2.05, 4.69) is 0 Å². The number of carbonyl (C=O) groups is 2. The van der Waals surface area contributed by atoms with Crippen molar-refractivity contribution in [1.82, 2.24) is 4.90 Å². The molecule has 0 radical (unpaired) electrons. The van der Waals surface area contributed by atoms with Gasteiger partial charge >= 0.3 is 5.97 Å². The van der Waals surface area contributed by atoms with E-state index in [0.717, 1.165) is 0 Å². The number of carboxylic acids is 1. The molecular weight excluding hydrogens is 302 g/mol. The van der Waals surface area contributed by atoms with E-state index in [9.17, 15) is 14.7 Å². The van der Waals surface area contributed by atoms with Crippen molar-refractivity contribution in [1.29, 1.82) is 0 Å². The van der Waals surface area contributed by atoms with Gasteiger partial charge in [0.15, 0.2) is 5.60 Å². The summed E-state index contributed by atoms with van der Waals surface area (Å²) < 4.78 is 10.3. The molecule has 0 atom stereocenters. The molecule has 1 aliphatic rings. The van der Waals surface area contributed by atoms with Gasteiger partial charge in [-0.1, -0.05) is 0 Å². The van der Waals surface area contributed by atoms with E-state index >= 15 is 0 Å². The van der Waals surface area contributed by atoms with Crippen molar-refractivity contribution in [2.75, 3.05) is 33.4 Å². The smallest absolute Gasteiger partial charge is 0.335 e. The second-order valence-electron chi connectivity index (χ2n) is 5.49. The summed E-state index contributed by atoms with van der Waals surface area (Å²) in [5.74, 6) is -0.763. The quantitative estimate of drug-likeness (QED) is 0.751. The van der Waals surface area contributed by atoms with Gasteiger partial charge in [-0.3, -0.25) is 4.79 Å². The molecule has 1 aromatic carbocycles. The van der Waals surface area contributed by atoms with Crippen molar-refractivity contribution >= 4 is 11.9 Å². The minimum atomic E-state index is -1.73. The molecule has 0 saturated carbocycles. The van der Waals surface area contributed by atoms with E-state index in [1.165, 1.54) is 0 Å². The van der Waals surface area contributed by atoms with E-state index < -0.39 is 11.6 Å². The number of amides is 1. The van der Waals surface area contributed by atoms with Crippen LogP contribution in [0.1, 0.15) is 23.2 Å². The van der Waals surface area contributed by atoms with Crippen LogP contribution in [0.25, 0.3) is 0 Å². The number of rotatable bonds is 6. The Labute approximate surface area is 134 Å². The Morgan fingerprint density at radius 3 is 2.30 bits per heavy atom. The number of hydrogen-bond donors (Lipinski definition) is 2. The van der Waals surface area contributed by atoms with Crippen LogP contribution < -0.4 is 4.74 Å². The molecule has 1 aliphatic heterocycles. The van der Waals surface area contributed by atoms with E-state index in [0.29, 0.717) is 24.5 Å². The molecule has 0 aromatic heterocycles. The molecule has 1 saturated heterocycles. The predicted octanol–water partition coefficient (Wildman–Crippen LogP) is 0.763. The third kappa shape index (κ3) is 4.20. The Morgan fingerprint density at radius 1 is 1.17 bits per heavy atom. The third-order valence-corrected chi connectivity index (χ3v) is 3.93. The second-order valence-corrected chi connectivity index (χ2v) is 5.49. The number of aliphatic hydroxyl groups is 1. The minimum absolute atomic E-state index is 0.0340. The fraction of sp³-hybridized carbons (Fsp3) is 0.500. The standard InChI is InChI=1S/C16H21NO6/c1-22-10-11-23-13-4-2-12(3-5-13)14(18)17-8-6-16(21,7-9-17)15(19)20/h2-5,21H,6-11H2,1H3,(H,19,20). The van der Waals surface area contributed by atoms with E-state index in [-0.39, 0.29) is 31.8 Å². The van der Waals surface area contributed by atoms with E-state index in [4.69, 9.17) is 14.6 Å². The number of methoxy groups -OCH3 is 1. The molecule has 2 rings (SSSR count). The van der Waals surface area contributed by atoms with Crippen molar-refractivity contribution in [2.24, 2.45) is 0 Å². The molecule has 0 spiro atoms. The number of carbonyl (C=O) groups excluding carboxylic acids is 1. The molecule has 23 heavy (non-hydrogen) atoms. The Kier molecular flexibility index (Phi) is 5.57. The lowest BCUT2D eigenvalue weighted by molar-refractivity contribution is -0.162. The van der Waals surface area contributed by atoms with Crippen LogP contribution in [-0.4, -0.2) is 66.0 Å². The highest BCUT2D eigenvalue weighted by Crippen LogP contribution is 2.24. The van der Waals surface area contributed by atoms with Crippen LogP contribution >= 0.6 is 0 Å². The molecule has 1 heterocycles. The third-order valence-electron chi connectivity index (χ3n) is 3.93. The normalized spacial score (nSPS) is 16.9. The summed E-state index contributed by atoms with van der Waals surface area (Å²) >= 11 is 0. The molecule has 0 aliphatic carbocycles. The predicted molar refractivity (Wildman–Crippen MR) is 81.5 cm³/mol. The highest BCUT2D eigenvalue weighted by molar-refractivity contribution is 5.94. The van der Waals surface area contributed by atoms with Crippen LogP contribution in [0.5, 0.6) is 5.75 Å². The SMILES string of the molecule is COCCOc1ccc(C(=O)N2CCC(O)(C(=O)O)CC2)cc1. The lowest BCUT2D eigenvalue weighted by atomic mass is 9.91. The summed E-state index contributed by atoms with van der Waals surface area (Å²) in [5.41, 5.74) is -1.22. The molecule has 7 nitrogen and oxygen atoms in total. The number of benzene rings is 1. The van der Waals surface area contributed by atoms with Crippen LogP contribution in [0, 0.1) is 0 Å². The average Bonchev–Trinajstić information content (AvgIpc) is 2.56. The maximum atomic E-state index is 12.4. The summed E-state index contributed by atoms with van der Waals surface area (Å²) in [7, 11) is 1.59. The zero-order valence-corrected chi connectivity index (χ0v) is 13.0. The number of likely N-dealkylation sites (tertiary alicyclic amines) is 1. The van der Waals surface area contributed by atoms with Crippen LogP contribution in [0.3, 0.4) is 0 Å². The average molecular weight is 323 g/mol. The molecule has 7 heteroatoms. The summed E-state index contributed by atoms with van der Waals surface area (Å²) in [6.45, 7) is 1.35. The van der Waals surface area contributed by atoms with Gasteiger partial charge in [0, 0.05) is 38.6 Å². The molecule has 1 amide bonds. The number of piperidine rings is 1. The van der Waals surface area contributed by atoms with Crippen molar-refractivity contribution in [2.45, 2.75) is 18.4 Å².